The molecule has 23 heavy (non-hydrogen) atoms. The van der Waals surface area contributed by atoms with Crippen molar-refractivity contribution in [3.05, 3.63) is 34.9 Å². The van der Waals surface area contributed by atoms with Crippen LogP contribution in [0.1, 0.15) is 25.5 Å². The molecule has 0 saturated carbocycles. The van der Waals surface area contributed by atoms with E-state index in [9.17, 15) is 18.4 Å². The smallest absolute Gasteiger partial charge is 0.452 e. The van der Waals surface area contributed by atoms with Crippen LogP contribution in [0.2, 0.25) is 5.02 Å². The summed E-state index contributed by atoms with van der Waals surface area (Å²) < 4.78 is 37.4. The predicted octanol–water partition coefficient (Wildman–Crippen LogP) is 4.19. The third-order valence-electron chi connectivity index (χ3n) is 2.60. The minimum atomic E-state index is -4.01. The van der Waals surface area contributed by atoms with Crippen molar-refractivity contribution in [1.82, 2.24) is 0 Å². The van der Waals surface area contributed by atoms with Crippen molar-refractivity contribution in [1.29, 1.82) is 0 Å². The maximum atomic E-state index is 14.3. The first kappa shape index (κ1) is 19.0. The third-order valence-corrected chi connectivity index (χ3v) is 2.85. The number of azo groups is 1. The molecule has 0 fully saturated rings. The highest BCUT2D eigenvalue weighted by Crippen LogP contribution is 2.36. The topological polar surface area (TPSA) is 77.3 Å². The zero-order chi connectivity index (χ0) is 17.5. The summed E-state index contributed by atoms with van der Waals surface area (Å²) in [6.45, 7) is 2.71. The first-order valence-electron chi connectivity index (χ1n) is 6.71. The standard InChI is InChI=1S/C14H15ClF2N2O4/c1-3-22-12(20)14(16,17)11(18-19-13(21)23-4-2)9-5-7-10(15)8-6-9/h5-8,11H,3-4H2,1-2H3. The van der Waals surface area contributed by atoms with E-state index in [4.69, 9.17) is 11.6 Å². The molecule has 0 aromatic heterocycles. The lowest BCUT2D eigenvalue weighted by molar-refractivity contribution is -0.175. The van der Waals surface area contributed by atoms with Gasteiger partial charge in [0.15, 0.2) is 6.04 Å². The van der Waals surface area contributed by atoms with Crippen molar-refractivity contribution in [3.63, 3.8) is 0 Å². The van der Waals surface area contributed by atoms with Crippen LogP contribution < -0.4 is 0 Å². The van der Waals surface area contributed by atoms with Gasteiger partial charge in [0, 0.05) is 5.02 Å². The molecule has 1 aromatic carbocycles. The lowest BCUT2D eigenvalue weighted by Gasteiger charge is -2.21. The molecule has 1 amide bonds. The zero-order valence-electron chi connectivity index (χ0n) is 12.5. The van der Waals surface area contributed by atoms with E-state index in [1.54, 1.807) is 0 Å². The van der Waals surface area contributed by atoms with Gasteiger partial charge in [-0.2, -0.15) is 13.9 Å². The number of ether oxygens (including phenoxy) is 2. The van der Waals surface area contributed by atoms with Crippen molar-refractivity contribution >= 4 is 23.7 Å². The van der Waals surface area contributed by atoms with Crippen LogP contribution in [0.15, 0.2) is 34.5 Å². The number of carbonyl (C=O) groups is 2. The minimum Gasteiger partial charge on any atom is -0.461 e. The number of benzene rings is 1. The highest BCUT2D eigenvalue weighted by Gasteiger charge is 2.50. The summed E-state index contributed by atoms with van der Waals surface area (Å²) in [5, 5.41) is 6.65. The van der Waals surface area contributed by atoms with Crippen molar-refractivity contribution in [3.8, 4) is 0 Å². The Hall–Kier alpha value is -2.09. The molecular weight excluding hydrogens is 334 g/mol. The van der Waals surface area contributed by atoms with Crippen LogP contribution in [-0.2, 0) is 14.3 Å². The van der Waals surface area contributed by atoms with Gasteiger partial charge in [0.25, 0.3) is 0 Å². The lowest BCUT2D eigenvalue weighted by Crippen LogP contribution is -2.36. The number of amides is 1. The van der Waals surface area contributed by atoms with Gasteiger partial charge < -0.3 is 9.47 Å². The Labute approximate surface area is 136 Å². The van der Waals surface area contributed by atoms with Gasteiger partial charge in [0.2, 0.25) is 0 Å². The Morgan fingerprint density at radius 1 is 1.17 bits per heavy atom. The molecule has 1 rings (SSSR count). The summed E-state index contributed by atoms with van der Waals surface area (Å²) in [5.74, 6) is -5.78. The third kappa shape index (κ3) is 5.24. The molecule has 1 unspecified atom stereocenters. The van der Waals surface area contributed by atoms with Gasteiger partial charge in [-0.1, -0.05) is 28.8 Å². The zero-order valence-corrected chi connectivity index (χ0v) is 13.2. The number of carbonyl (C=O) groups excluding carboxylic acids is 2. The van der Waals surface area contributed by atoms with Crippen molar-refractivity contribution in [2.24, 2.45) is 10.2 Å². The SMILES string of the molecule is CCOC(=O)N=NC(c1ccc(Cl)cc1)C(F)(F)C(=O)OCC. The Morgan fingerprint density at radius 3 is 2.26 bits per heavy atom. The normalized spacial score (nSPS) is 12.9. The molecule has 6 nitrogen and oxygen atoms in total. The average molecular weight is 349 g/mol. The number of hydrogen-bond acceptors (Lipinski definition) is 5. The van der Waals surface area contributed by atoms with Crippen LogP contribution >= 0.6 is 11.6 Å². The molecule has 1 aromatic rings. The first-order chi connectivity index (χ1) is 10.8. The maximum Gasteiger partial charge on any atom is 0.452 e. The fourth-order valence-electron chi connectivity index (χ4n) is 1.59. The summed E-state index contributed by atoms with van der Waals surface area (Å²) in [7, 11) is 0. The van der Waals surface area contributed by atoms with Gasteiger partial charge in [-0.3, -0.25) is 0 Å². The Balaban J connectivity index is 3.17. The molecular formula is C14H15ClF2N2O4. The number of alkyl halides is 2. The highest BCUT2D eigenvalue weighted by molar-refractivity contribution is 6.30. The van der Waals surface area contributed by atoms with Gasteiger partial charge in [-0.05, 0) is 31.5 Å². The molecule has 9 heteroatoms. The molecule has 0 spiro atoms. The average Bonchev–Trinajstić information content (AvgIpc) is 2.49. The van der Waals surface area contributed by atoms with E-state index < -0.39 is 24.0 Å². The van der Waals surface area contributed by atoms with Crippen molar-refractivity contribution < 1.29 is 27.8 Å². The number of nitrogens with zero attached hydrogens (tertiary/aromatic N) is 2. The minimum absolute atomic E-state index is 0.0116. The predicted molar refractivity (Wildman–Crippen MR) is 77.7 cm³/mol. The summed E-state index contributed by atoms with van der Waals surface area (Å²) in [6, 6.07) is 3.17. The van der Waals surface area contributed by atoms with Crippen molar-refractivity contribution in [2.75, 3.05) is 13.2 Å². The molecule has 126 valence electrons. The van der Waals surface area contributed by atoms with Crippen LogP contribution in [-0.4, -0.2) is 31.2 Å². The number of esters is 1. The second-order valence-electron chi connectivity index (χ2n) is 4.21. The molecule has 0 N–H and O–H groups in total. The van der Waals surface area contributed by atoms with Crippen LogP contribution in [0.25, 0.3) is 0 Å². The fourth-order valence-corrected chi connectivity index (χ4v) is 1.72. The van der Waals surface area contributed by atoms with Gasteiger partial charge in [0.1, 0.15) is 0 Å². The van der Waals surface area contributed by atoms with Crippen LogP contribution in [0.3, 0.4) is 0 Å². The van der Waals surface area contributed by atoms with Crippen LogP contribution in [0.4, 0.5) is 13.6 Å². The van der Waals surface area contributed by atoms with E-state index in [0.29, 0.717) is 5.02 Å². The molecule has 1 atom stereocenters. The van der Waals surface area contributed by atoms with E-state index in [-0.39, 0.29) is 18.8 Å². The fraction of sp³-hybridized carbons (Fsp3) is 0.429. The highest BCUT2D eigenvalue weighted by atomic mass is 35.5. The lowest BCUT2D eigenvalue weighted by atomic mass is 10.0. The molecule has 0 saturated heterocycles. The first-order valence-corrected chi connectivity index (χ1v) is 7.08. The summed E-state index contributed by atoms with van der Waals surface area (Å²) in [5.41, 5.74) is -0.0551. The van der Waals surface area contributed by atoms with E-state index in [1.165, 1.54) is 38.1 Å². The van der Waals surface area contributed by atoms with Gasteiger partial charge >= 0.3 is 18.0 Å². The Morgan fingerprint density at radius 2 is 1.74 bits per heavy atom. The molecule has 0 aliphatic rings. The van der Waals surface area contributed by atoms with E-state index in [1.807, 2.05) is 0 Å². The number of hydrogen-bond donors (Lipinski definition) is 0. The summed E-state index contributed by atoms with van der Waals surface area (Å²) >= 11 is 5.70. The van der Waals surface area contributed by atoms with Gasteiger partial charge in [-0.25, -0.2) is 9.59 Å². The summed E-state index contributed by atoms with van der Waals surface area (Å²) in [4.78, 5) is 22.7. The molecule has 0 bridgehead atoms. The number of rotatable bonds is 6. The maximum absolute atomic E-state index is 14.3. The Bertz CT molecular complexity index is 579. The Kier molecular flexibility index (Phi) is 7.02. The quantitative estimate of drug-likeness (QED) is 0.570. The van der Waals surface area contributed by atoms with E-state index in [2.05, 4.69) is 19.7 Å². The van der Waals surface area contributed by atoms with Crippen molar-refractivity contribution in [2.45, 2.75) is 25.8 Å². The molecule has 0 aliphatic heterocycles. The largest absolute Gasteiger partial charge is 0.461 e. The second kappa shape index (κ2) is 8.52. The summed E-state index contributed by atoms with van der Waals surface area (Å²) in [6.07, 6.45) is -1.13. The van der Waals surface area contributed by atoms with Gasteiger partial charge in [0.05, 0.1) is 13.2 Å². The number of halogens is 3. The second-order valence-corrected chi connectivity index (χ2v) is 4.65. The molecule has 0 heterocycles. The van der Waals surface area contributed by atoms with Crippen LogP contribution in [0, 0.1) is 0 Å². The van der Waals surface area contributed by atoms with E-state index in [0.717, 1.165) is 0 Å². The van der Waals surface area contributed by atoms with E-state index >= 15 is 0 Å². The van der Waals surface area contributed by atoms with Gasteiger partial charge in [-0.15, -0.1) is 0 Å². The molecule has 0 aliphatic carbocycles. The molecule has 0 radical (unpaired) electrons. The van der Waals surface area contributed by atoms with Crippen LogP contribution in [0.5, 0.6) is 0 Å². The monoisotopic (exact) mass is 348 g/mol.